The number of benzene rings is 2. The largest absolute Gasteiger partial charge is 0.322 e. The lowest BCUT2D eigenvalue weighted by atomic mass is 10.1. The van der Waals surface area contributed by atoms with Crippen LogP contribution in [0.5, 0.6) is 0 Å². The second kappa shape index (κ2) is 6.69. The molecule has 0 aliphatic rings. The second-order valence-corrected chi connectivity index (χ2v) is 6.91. The molecule has 0 atom stereocenters. The molecule has 1 amide bonds. The van der Waals surface area contributed by atoms with E-state index in [-0.39, 0.29) is 11.7 Å². The number of carbonyl (C=O) groups is 1. The summed E-state index contributed by atoms with van der Waals surface area (Å²) in [6.07, 6.45) is 0. The van der Waals surface area contributed by atoms with E-state index in [0.29, 0.717) is 16.8 Å². The highest BCUT2D eigenvalue weighted by Gasteiger charge is 2.15. The first-order valence-corrected chi connectivity index (χ1v) is 9.01. The minimum absolute atomic E-state index is 0.240. The van der Waals surface area contributed by atoms with Crippen molar-refractivity contribution >= 4 is 33.8 Å². The number of thiophene rings is 1. The first kappa shape index (κ1) is 16.4. The van der Waals surface area contributed by atoms with E-state index < -0.39 is 0 Å². The average Bonchev–Trinajstić information content (AvgIpc) is 3.18. The van der Waals surface area contributed by atoms with E-state index >= 15 is 0 Å². The van der Waals surface area contributed by atoms with E-state index in [1.165, 1.54) is 12.1 Å². The summed E-state index contributed by atoms with van der Waals surface area (Å²) in [7, 11) is 0. The van der Waals surface area contributed by atoms with Gasteiger partial charge in [0.2, 0.25) is 0 Å². The van der Waals surface area contributed by atoms with Gasteiger partial charge in [-0.1, -0.05) is 24.3 Å². The zero-order chi connectivity index (χ0) is 18.1. The van der Waals surface area contributed by atoms with Gasteiger partial charge in [-0.25, -0.2) is 9.37 Å². The summed E-state index contributed by atoms with van der Waals surface area (Å²) in [5.74, 6) is -0.564. The maximum absolute atomic E-state index is 13.3. The molecule has 0 radical (unpaired) electrons. The van der Waals surface area contributed by atoms with Crippen LogP contribution in [-0.2, 0) is 0 Å². The predicted molar refractivity (Wildman–Crippen MR) is 104 cm³/mol. The Labute approximate surface area is 154 Å². The molecule has 0 saturated heterocycles. The zero-order valence-corrected chi connectivity index (χ0v) is 14.8. The van der Waals surface area contributed by atoms with Crippen molar-refractivity contribution in [1.29, 1.82) is 0 Å². The fourth-order valence-electron chi connectivity index (χ4n) is 2.87. The number of amides is 1. The minimum Gasteiger partial charge on any atom is -0.322 e. The standard InChI is InChI=1S/C21H15FN2OS/c1-13-11-14(22)8-9-17(13)24-21(25)16-12-19(20-7-4-10-26-20)23-18-6-3-2-5-15(16)18/h2-12H,1H3,(H,24,25). The fraction of sp³-hybridized carbons (Fsp3) is 0.0476. The van der Waals surface area contributed by atoms with E-state index in [9.17, 15) is 9.18 Å². The van der Waals surface area contributed by atoms with E-state index in [0.717, 1.165) is 21.5 Å². The summed E-state index contributed by atoms with van der Waals surface area (Å²) in [6, 6.07) is 17.6. The monoisotopic (exact) mass is 362 g/mol. The van der Waals surface area contributed by atoms with Gasteiger partial charge in [-0.3, -0.25) is 4.79 Å². The number of rotatable bonds is 3. The van der Waals surface area contributed by atoms with Gasteiger partial charge < -0.3 is 5.32 Å². The maximum atomic E-state index is 13.3. The Bertz CT molecular complexity index is 1110. The van der Waals surface area contributed by atoms with Crippen LogP contribution in [0.25, 0.3) is 21.5 Å². The van der Waals surface area contributed by atoms with Crippen LogP contribution in [-0.4, -0.2) is 10.9 Å². The van der Waals surface area contributed by atoms with Gasteiger partial charge in [0.1, 0.15) is 5.82 Å². The third-order valence-electron chi connectivity index (χ3n) is 4.17. The van der Waals surface area contributed by atoms with E-state index in [4.69, 9.17) is 0 Å². The van der Waals surface area contributed by atoms with Crippen molar-refractivity contribution in [3.63, 3.8) is 0 Å². The number of nitrogens with zero attached hydrogens (tertiary/aromatic N) is 1. The molecule has 0 bridgehead atoms. The van der Waals surface area contributed by atoms with E-state index in [1.807, 2.05) is 47.8 Å². The van der Waals surface area contributed by atoms with Crippen LogP contribution in [0.3, 0.4) is 0 Å². The number of halogens is 1. The molecule has 0 aliphatic heterocycles. The first-order chi connectivity index (χ1) is 12.6. The summed E-state index contributed by atoms with van der Waals surface area (Å²) in [5, 5.41) is 5.65. The smallest absolute Gasteiger partial charge is 0.256 e. The number of hydrogen-bond acceptors (Lipinski definition) is 3. The lowest BCUT2D eigenvalue weighted by molar-refractivity contribution is 0.102. The molecular formula is C21H15FN2OS. The van der Waals surface area contributed by atoms with Crippen LogP contribution in [0.15, 0.2) is 66.0 Å². The first-order valence-electron chi connectivity index (χ1n) is 8.13. The third kappa shape index (κ3) is 3.09. The van der Waals surface area contributed by atoms with Crippen molar-refractivity contribution in [1.82, 2.24) is 4.98 Å². The highest BCUT2D eigenvalue weighted by molar-refractivity contribution is 7.13. The SMILES string of the molecule is Cc1cc(F)ccc1NC(=O)c1cc(-c2cccs2)nc2ccccc12. The van der Waals surface area contributed by atoms with E-state index in [1.54, 1.807) is 24.3 Å². The summed E-state index contributed by atoms with van der Waals surface area (Å²) in [4.78, 5) is 18.6. The summed E-state index contributed by atoms with van der Waals surface area (Å²) >= 11 is 1.58. The molecule has 128 valence electrons. The lowest BCUT2D eigenvalue weighted by Gasteiger charge is -2.11. The molecule has 2 aromatic heterocycles. The third-order valence-corrected chi connectivity index (χ3v) is 5.06. The van der Waals surface area contributed by atoms with Gasteiger partial charge in [-0.05, 0) is 54.3 Å². The molecule has 0 aliphatic carbocycles. The van der Waals surface area contributed by atoms with E-state index in [2.05, 4.69) is 10.3 Å². The Morgan fingerprint density at radius 2 is 1.92 bits per heavy atom. The Kier molecular flexibility index (Phi) is 4.22. The molecule has 2 aromatic carbocycles. The van der Waals surface area contributed by atoms with Crippen LogP contribution in [0.4, 0.5) is 10.1 Å². The number of anilines is 1. The molecular weight excluding hydrogens is 347 g/mol. The average molecular weight is 362 g/mol. The van der Waals surface area contributed by atoms with Gasteiger partial charge in [0.25, 0.3) is 5.91 Å². The highest BCUT2D eigenvalue weighted by Crippen LogP contribution is 2.28. The van der Waals surface area contributed by atoms with Crippen molar-refractivity contribution in [2.24, 2.45) is 0 Å². The lowest BCUT2D eigenvalue weighted by Crippen LogP contribution is -2.14. The Hall–Kier alpha value is -3.05. The van der Waals surface area contributed by atoms with Gasteiger partial charge in [-0.2, -0.15) is 0 Å². The van der Waals surface area contributed by atoms with Crippen molar-refractivity contribution in [2.75, 3.05) is 5.32 Å². The molecule has 3 nitrogen and oxygen atoms in total. The van der Waals surface area contributed by atoms with Gasteiger partial charge in [0, 0.05) is 11.1 Å². The number of para-hydroxylation sites is 1. The number of carbonyl (C=O) groups excluding carboxylic acids is 1. The number of hydrogen-bond donors (Lipinski definition) is 1. The number of nitrogens with one attached hydrogen (secondary N) is 1. The Balaban J connectivity index is 1.80. The van der Waals surface area contributed by atoms with Crippen molar-refractivity contribution in [3.8, 4) is 10.6 Å². The van der Waals surface area contributed by atoms with Crippen LogP contribution in [0.2, 0.25) is 0 Å². The van der Waals surface area contributed by atoms with Crippen molar-refractivity contribution < 1.29 is 9.18 Å². The predicted octanol–water partition coefficient (Wildman–Crippen LogP) is 5.66. The molecule has 26 heavy (non-hydrogen) atoms. The molecule has 0 spiro atoms. The summed E-state index contributed by atoms with van der Waals surface area (Å²) < 4.78 is 13.3. The number of aryl methyl sites for hydroxylation is 1. The van der Waals surface area contributed by atoms with Crippen LogP contribution < -0.4 is 5.32 Å². The Morgan fingerprint density at radius 1 is 1.08 bits per heavy atom. The van der Waals surface area contributed by atoms with Gasteiger partial charge in [0.15, 0.2) is 0 Å². The van der Waals surface area contributed by atoms with Gasteiger partial charge in [0.05, 0.1) is 21.7 Å². The second-order valence-electron chi connectivity index (χ2n) is 5.96. The molecule has 4 rings (SSSR count). The zero-order valence-electron chi connectivity index (χ0n) is 14.0. The molecule has 0 fully saturated rings. The molecule has 5 heteroatoms. The highest BCUT2D eigenvalue weighted by atomic mass is 32.1. The summed E-state index contributed by atoms with van der Waals surface area (Å²) in [6.45, 7) is 1.76. The molecule has 1 N–H and O–H groups in total. The molecule has 0 saturated carbocycles. The van der Waals surface area contributed by atoms with Crippen LogP contribution in [0.1, 0.15) is 15.9 Å². The number of aromatic nitrogens is 1. The normalized spacial score (nSPS) is 10.8. The number of fused-ring (bicyclic) bond motifs is 1. The maximum Gasteiger partial charge on any atom is 0.256 e. The summed E-state index contributed by atoms with van der Waals surface area (Å²) in [5.41, 5.74) is 3.34. The minimum atomic E-state index is -0.324. The molecule has 2 heterocycles. The van der Waals surface area contributed by atoms with Crippen molar-refractivity contribution in [2.45, 2.75) is 6.92 Å². The van der Waals surface area contributed by atoms with Gasteiger partial charge >= 0.3 is 0 Å². The Morgan fingerprint density at radius 3 is 2.69 bits per heavy atom. The molecule has 0 unspecified atom stereocenters. The van der Waals surface area contributed by atoms with Crippen LogP contribution in [0, 0.1) is 12.7 Å². The number of pyridine rings is 1. The topological polar surface area (TPSA) is 42.0 Å². The van der Waals surface area contributed by atoms with Gasteiger partial charge in [-0.15, -0.1) is 11.3 Å². The fourth-order valence-corrected chi connectivity index (χ4v) is 3.56. The van der Waals surface area contributed by atoms with Crippen molar-refractivity contribution in [3.05, 3.63) is 83.0 Å². The van der Waals surface area contributed by atoms with Crippen LogP contribution >= 0.6 is 11.3 Å². The molecule has 4 aromatic rings. The quantitative estimate of drug-likeness (QED) is 0.511.